The maximum Gasteiger partial charge on any atom is 0.156 e. The van der Waals surface area contributed by atoms with Gasteiger partial charge in [0.1, 0.15) is 5.78 Å². The van der Waals surface area contributed by atoms with Gasteiger partial charge in [0.25, 0.3) is 0 Å². The number of Topliss-reactive ketones (excluding diaryl/α,β-unsaturated/α-hetero) is 2. The van der Waals surface area contributed by atoms with Crippen LogP contribution < -0.4 is 0 Å². The molecule has 0 radical (unpaired) electrons. The number of halogens is 1. The topological polar surface area (TPSA) is 92.4 Å². The first-order valence-electron chi connectivity index (χ1n) is 26.5. The number of carbonyl (C=O) groups excluding carboxylic acids is 2. The molecule has 314 valence electrons. The molecule has 0 bridgehead atoms. The van der Waals surface area contributed by atoms with Crippen LogP contribution in [0, 0.1) is 80.8 Å². The van der Waals surface area contributed by atoms with Gasteiger partial charge in [-0.2, -0.15) is 0 Å². The lowest BCUT2D eigenvalue weighted by Crippen LogP contribution is -2.56. The van der Waals surface area contributed by atoms with Crippen molar-refractivity contribution < 1.29 is 30.8 Å². The number of aliphatic hydroxyl groups is 2. The molecule has 8 saturated carbocycles. The molecule has 6 nitrogen and oxygen atoms in total. The van der Waals surface area contributed by atoms with Gasteiger partial charge in [0.15, 0.2) is 5.78 Å². The minimum Gasteiger partial charge on any atom is -0.390 e. The zero-order valence-electron chi connectivity index (χ0n) is 43.3. The molecule has 0 saturated heterocycles. The highest BCUT2D eigenvalue weighted by molar-refractivity contribution is 9.09. The molecule has 2 N–H and O–H groups in total. The molecule has 8 aliphatic carbocycles. The third-order valence-corrected chi connectivity index (χ3v) is 19.9. The first-order valence-corrected chi connectivity index (χ1v) is 23.3. The molecule has 0 amide bonds. The van der Waals surface area contributed by atoms with E-state index in [1.807, 2.05) is 0 Å². The Morgan fingerprint density at radius 2 is 1.14 bits per heavy atom. The standard InChI is InChI=1S/C26H40N2O2.C23H37BrO2/c1-4-26(30)12-11-24(2)18(15-26)5-6-19-20-7-8-22(25(20,3)10-9-21(19)24)23(29)16-28-14-13-27-17-28;1-4-23(26)12-11-21(2)15(13-23)5-6-16-17-7-8-19(20(25)14-24)22(17,3)10-9-18(16)21/h13-14,17-22,30H,4-12,15-16H2,1-3H3;15-19,26H,4-14H2,1-3H3/t18-,19-,20-,21-,22+,24-,25-,26+;15-,16-,17-,18-,19+,21-,22-,23+/m00/s1/i4D2,22D;4D2,14D2,19D. The van der Waals surface area contributed by atoms with E-state index in [2.05, 4.69) is 48.6 Å². The quantitative estimate of drug-likeness (QED) is 0.267. The fraction of sp³-hybridized carbons (Fsp3) is 0.898. The molecular formula is C49H77BrN2O4. The summed E-state index contributed by atoms with van der Waals surface area (Å²) in [6.07, 6.45) is 16.3. The highest BCUT2D eigenvalue weighted by atomic mass is 79.9. The maximum atomic E-state index is 13.4. The number of imidazole rings is 1. The highest BCUT2D eigenvalue weighted by Crippen LogP contribution is 2.70. The summed E-state index contributed by atoms with van der Waals surface area (Å²) < 4.78 is 68.9. The van der Waals surface area contributed by atoms with Gasteiger partial charge in [-0.3, -0.25) is 9.59 Å². The van der Waals surface area contributed by atoms with Crippen LogP contribution in [0.25, 0.3) is 0 Å². The van der Waals surface area contributed by atoms with Gasteiger partial charge in [0.05, 0.1) is 29.4 Å². The maximum absolute atomic E-state index is 13.4. The predicted molar refractivity (Wildman–Crippen MR) is 227 cm³/mol. The Morgan fingerprint density at radius 3 is 1.57 bits per heavy atom. The molecule has 0 aliphatic heterocycles. The van der Waals surface area contributed by atoms with Crippen molar-refractivity contribution in [1.82, 2.24) is 9.55 Å². The van der Waals surface area contributed by atoms with Crippen molar-refractivity contribution in [3.8, 4) is 0 Å². The normalized spacial score (nSPS) is 56.0. The van der Waals surface area contributed by atoms with E-state index in [9.17, 15) is 21.2 Å². The summed E-state index contributed by atoms with van der Waals surface area (Å²) in [5, 5.41) is 20.1. The van der Waals surface area contributed by atoms with Crippen LogP contribution >= 0.6 is 15.9 Å². The minimum absolute atomic E-state index is 0.0248. The van der Waals surface area contributed by atoms with E-state index >= 15 is 0 Å². The fourth-order valence-corrected chi connectivity index (χ4v) is 16.3. The molecule has 0 aromatic carbocycles. The molecule has 1 aromatic heterocycles. The lowest BCUT2D eigenvalue weighted by molar-refractivity contribution is -0.154. The second kappa shape index (κ2) is 15.1. The van der Waals surface area contributed by atoms with Gasteiger partial charge < -0.3 is 14.8 Å². The van der Waals surface area contributed by atoms with Crippen molar-refractivity contribution in [1.29, 1.82) is 0 Å². The molecule has 16 atom stereocenters. The van der Waals surface area contributed by atoms with Gasteiger partial charge in [0.2, 0.25) is 0 Å². The number of aromatic nitrogens is 2. The Hall–Kier alpha value is -1.05. The number of fused-ring (bicyclic) bond motifs is 10. The number of carbonyl (C=O) groups is 2. The summed E-state index contributed by atoms with van der Waals surface area (Å²) in [7, 11) is 0. The van der Waals surface area contributed by atoms with E-state index in [0.717, 1.165) is 77.0 Å². The summed E-state index contributed by atoms with van der Waals surface area (Å²) in [4.78, 5) is 30.5. The van der Waals surface area contributed by atoms with Crippen LogP contribution in [0.3, 0.4) is 0 Å². The smallest absolute Gasteiger partial charge is 0.156 e. The molecular weight excluding hydrogens is 760 g/mol. The van der Waals surface area contributed by atoms with Gasteiger partial charge in [-0.15, -0.1) is 0 Å². The van der Waals surface area contributed by atoms with E-state index in [1.54, 1.807) is 23.3 Å². The number of hydrogen-bond acceptors (Lipinski definition) is 5. The van der Waals surface area contributed by atoms with Crippen LogP contribution in [0.4, 0.5) is 0 Å². The third-order valence-electron chi connectivity index (χ3n) is 19.5. The molecule has 1 heterocycles. The number of hydrogen-bond donors (Lipinski definition) is 2. The molecule has 0 spiro atoms. The molecule has 1 aromatic rings. The number of nitrogens with zero attached hydrogens (tertiary/aromatic N) is 2. The van der Waals surface area contributed by atoms with Gasteiger partial charge >= 0.3 is 0 Å². The Bertz CT molecular complexity index is 1960. The average molecular weight is 846 g/mol. The zero-order valence-corrected chi connectivity index (χ0v) is 36.9. The summed E-state index contributed by atoms with van der Waals surface area (Å²) >= 11 is 2.89. The SMILES string of the molecule is [2H]C([2H])(Br)C(=O)[C@@]1([2H])CC[C@H]2[C@@H]3CC[C@H]4C[C@@](O)(C([2H])([2H])C)CC[C@]4(C)[C@H]3CC[C@@]21C.[2H]C([2H])(C)[C@@]1(O)CC[C@@]2(C)[C@@H](CC[C@@H]3[C@@H]2CC[C@@]2(C)[C@H]3CC[C@]2([2H])C(=O)Cn2ccnc2)C1. The van der Waals surface area contributed by atoms with Crippen LogP contribution in [0.5, 0.6) is 0 Å². The molecule has 0 unspecified atom stereocenters. The Balaban J connectivity index is 0.000000175. The zero-order chi connectivity index (χ0) is 47.1. The Kier molecular flexibility index (Phi) is 8.84. The molecule has 8 aliphatic rings. The second-order valence-corrected chi connectivity index (χ2v) is 21.7. The van der Waals surface area contributed by atoms with Gasteiger partial charge in [-0.1, -0.05) is 57.5 Å². The van der Waals surface area contributed by atoms with Crippen molar-refractivity contribution in [2.24, 2.45) is 80.8 Å². The monoisotopic (exact) mass is 845 g/mol. The molecule has 56 heavy (non-hydrogen) atoms. The lowest BCUT2D eigenvalue weighted by atomic mass is 9.43. The summed E-state index contributed by atoms with van der Waals surface area (Å²) in [5.41, 5.74) is -3.10. The van der Waals surface area contributed by atoms with Crippen LogP contribution in [0.15, 0.2) is 18.7 Å². The van der Waals surface area contributed by atoms with Crippen molar-refractivity contribution in [3.63, 3.8) is 0 Å². The number of rotatable bonds is 7. The van der Waals surface area contributed by atoms with Crippen LogP contribution in [-0.2, 0) is 16.1 Å². The highest BCUT2D eigenvalue weighted by Gasteiger charge is 2.63. The molecule has 7 heteroatoms. The van der Waals surface area contributed by atoms with Crippen molar-refractivity contribution in [2.75, 3.05) is 5.28 Å². The van der Waals surface area contributed by atoms with Crippen LogP contribution in [0.1, 0.15) is 181 Å². The second-order valence-electron chi connectivity index (χ2n) is 21.3. The largest absolute Gasteiger partial charge is 0.390 e. The van der Waals surface area contributed by atoms with E-state index < -0.39 is 52.2 Å². The predicted octanol–water partition coefficient (Wildman–Crippen LogP) is 11.0. The fourth-order valence-electron chi connectivity index (χ4n) is 16.1. The molecule has 8 fully saturated rings. The van der Waals surface area contributed by atoms with Gasteiger partial charge in [-0.25, -0.2) is 4.98 Å². The first kappa shape index (κ1) is 32.7. The summed E-state index contributed by atoms with van der Waals surface area (Å²) in [5.74, 6) is 0.239. The number of alkyl halides is 1. The average Bonchev–Trinajstić information content (AvgIpc) is 3.89. The van der Waals surface area contributed by atoms with Crippen molar-refractivity contribution in [3.05, 3.63) is 18.7 Å². The summed E-state index contributed by atoms with van der Waals surface area (Å²) in [6.45, 7) is 12.3. The first-order chi connectivity index (χ1) is 29.3. The van der Waals surface area contributed by atoms with E-state index in [1.165, 1.54) is 13.8 Å². The third kappa shape index (κ3) is 6.71. The van der Waals surface area contributed by atoms with E-state index in [4.69, 9.17) is 9.60 Å². The van der Waals surface area contributed by atoms with Crippen LogP contribution in [-0.4, -0.2) is 47.8 Å². The van der Waals surface area contributed by atoms with Crippen molar-refractivity contribution in [2.45, 2.75) is 188 Å². The molecule has 9 rings (SSSR count). The lowest BCUT2D eigenvalue weighted by Gasteiger charge is -2.62. The van der Waals surface area contributed by atoms with Crippen molar-refractivity contribution >= 4 is 27.5 Å². The van der Waals surface area contributed by atoms with Gasteiger partial charge in [0, 0.05) is 35.1 Å². The van der Waals surface area contributed by atoms with E-state index in [-0.39, 0.29) is 34.5 Å². The van der Waals surface area contributed by atoms with Crippen LogP contribution in [0.2, 0.25) is 0 Å². The van der Waals surface area contributed by atoms with Gasteiger partial charge in [-0.05, 0) is 197 Å². The Morgan fingerprint density at radius 1 is 0.679 bits per heavy atom. The summed E-state index contributed by atoms with van der Waals surface area (Å²) in [6, 6.07) is 0. The Labute approximate surface area is 359 Å². The number of ketones is 2. The minimum atomic E-state index is -2.17. The van der Waals surface area contributed by atoms with E-state index in [0.29, 0.717) is 80.0 Å².